The summed E-state index contributed by atoms with van der Waals surface area (Å²) in [5, 5.41) is 4.00. The van der Waals surface area contributed by atoms with E-state index in [1.165, 1.54) is 22.2 Å². The molecule has 1 saturated heterocycles. The smallest absolute Gasteiger partial charge is 0.269 e. The van der Waals surface area contributed by atoms with E-state index in [9.17, 15) is 12.8 Å². The molecule has 0 saturated carbocycles. The largest absolute Gasteiger partial charge is 0.314 e. The zero-order chi connectivity index (χ0) is 17.4. The topological polar surface area (TPSA) is 64.0 Å². The van der Waals surface area contributed by atoms with Crippen LogP contribution in [0.3, 0.4) is 0 Å². The zero-order valence-corrected chi connectivity index (χ0v) is 14.3. The van der Waals surface area contributed by atoms with E-state index in [0.717, 1.165) is 19.4 Å². The van der Waals surface area contributed by atoms with Crippen molar-refractivity contribution in [2.75, 3.05) is 6.54 Å². The number of nitrogens with zero attached hydrogens (tertiary/aromatic N) is 2. The Balaban J connectivity index is 1.91. The van der Waals surface area contributed by atoms with Gasteiger partial charge < -0.3 is 5.32 Å². The Morgan fingerprint density at radius 1 is 1.20 bits per heavy atom. The molecule has 0 bridgehead atoms. The molecular weight excluding hydrogens is 341 g/mol. The van der Waals surface area contributed by atoms with Crippen LogP contribution in [-0.4, -0.2) is 30.0 Å². The fourth-order valence-electron chi connectivity index (χ4n) is 3.38. The number of hydrogen-bond donors (Lipinski definition) is 1. The standard InChI is InChI=1S/C18H18FN3O2S/c19-17-9-8-13-11-15(12-14-5-4-10-20-14)22(18(13)21-17)25(23,24)16-6-2-1-3-7-16/h1-3,6-9,11,14,20H,4-5,10,12H2. The second-order valence-corrected chi connectivity index (χ2v) is 8.05. The van der Waals surface area contributed by atoms with E-state index in [1.807, 2.05) is 0 Å². The first-order chi connectivity index (χ1) is 12.1. The minimum Gasteiger partial charge on any atom is -0.314 e. The molecule has 1 aromatic carbocycles. The molecule has 25 heavy (non-hydrogen) atoms. The first-order valence-electron chi connectivity index (χ1n) is 8.26. The van der Waals surface area contributed by atoms with Crippen LogP contribution in [0.1, 0.15) is 18.5 Å². The predicted octanol–water partition coefficient (Wildman–Crippen LogP) is 2.71. The molecule has 4 rings (SSSR count). The van der Waals surface area contributed by atoms with E-state index >= 15 is 0 Å². The van der Waals surface area contributed by atoms with Crippen LogP contribution in [0.2, 0.25) is 0 Å². The average Bonchev–Trinajstić information content (AvgIpc) is 3.23. The maximum Gasteiger partial charge on any atom is 0.269 e. The minimum absolute atomic E-state index is 0.136. The molecule has 5 nitrogen and oxygen atoms in total. The van der Waals surface area contributed by atoms with Crippen LogP contribution in [0.25, 0.3) is 11.0 Å². The molecule has 130 valence electrons. The van der Waals surface area contributed by atoms with Gasteiger partial charge in [0.05, 0.1) is 4.90 Å². The first-order valence-corrected chi connectivity index (χ1v) is 9.70. The molecule has 0 radical (unpaired) electrons. The molecule has 0 spiro atoms. The third kappa shape index (κ3) is 2.94. The molecule has 1 unspecified atom stereocenters. The van der Waals surface area contributed by atoms with Crippen molar-refractivity contribution in [1.82, 2.24) is 14.3 Å². The van der Waals surface area contributed by atoms with Crippen molar-refractivity contribution in [1.29, 1.82) is 0 Å². The lowest BCUT2D eigenvalue weighted by Crippen LogP contribution is -2.26. The quantitative estimate of drug-likeness (QED) is 0.728. The van der Waals surface area contributed by atoms with Gasteiger partial charge in [0.1, 0.15) is 0 Å². The first kappa shape index (κ1) is 16.2. The Labute approximate surface area is 145 Å². The SMILES string of the molecule is O=S(=O)(c1ccccc1)n1c(CC2CCCN2)cc2ccc(F)nc21. The number of pyridine rings is 1. The van der Waals surface area contributed by atoms with E-state index in [-0.39, 0.29) is 16.6 Å². The molecule has 1 N–H and O–H groups in total. The van der Waals surface area contributed by atoms with Crippen molar-refractivity contribution >= 4 is 21.1 Å². The van der Waals surface area contributed by atoms with E-state index < -0.39 is 16.0 Å². The van der Waals surface area contributed by atoms with Crippen LogP contribution in [-0.2, 0) is 16.4 Å². The Morgan fingerprint density at radius 2 is 2.00 bits per heavy atom. The van der Waals surface area contributed by atoms with Crippen molar-refractivity contribution in [2.45, 2.75) is 30.2 Å². The lowest BCUT2D eigenvalue weighted by Gasteiger charge is -2.14. The number of nitrogens with one attached hydrogen (secondary N) is 1. The van der Waals surface area contributed by atoms with Gasteiger partial charge in [-0.1, -0.05) is 18.2 Å². The van der Waals surface area contributed by atoms with Crippen LogP contribution in [0.4, 0.5) is 4.39 Å². The third-order valence-electron chi connectivity index (χ3n) is 4.55. The van der Waals surface area contributed by atoms with Crippen LogP contribution >= 0.6 is 0 Å². The van der Waals surface area contributed by atoms with Gasteiger partial charge >= 0.3 is 0 Å². The van der Waals surface area contributed by atoms with Crippen molar-refractivity contribution in [3.05, 3.63) is 60.2 Å². The van der Waals surface area contributed by atoms with E-state index in [1.54, 1.807) is 30.3 Å². The summed E-state index contributed by atoms with van der Waals surface area (Å²) < 4.78 is 41.3. The molecule has 1 aliphatic heterocycles. The van der Waals surface area contributed by atoms with Gasteiger partial charge in [0.2, 0.25) is 5.95 Å². The molecule has 7 heteroatoms. The highest BCUT2D eigenvalue weighted by Gasteiger charge is 2.26. The highest BCUT2D eigenvalue weighted by Crippen LogP contribution is 2.26. The van der Waals surface area contributed by atoms with Crippen LogP contribution in [0, 0.1) is 5.95 Å². The lowest BCUT2D eigenvalue weighted by molar-refractivity contribution is 0.569. The Hall–Kier alpha value is -2.25. The van der Waals surface area contributed by atoms with Gasteiger partial charge in [-0.25, -0.2) is 17.4 Å². The van der Waals surface area contributed by atoms with Crippen molar-refractivity contribution in [3.8, 4) is 0 Å². The minimum atomic E-state index is -3.85. The number of benzene rings is 1. The molecule has 3 aromatic rings. The molecular formula is C18H18FN3O2S. The number of hydrogen-bond acceptors (Lipinski definition) is 4. The highest BCUT2D eigenvalue weighted by atomic mass is 32.2. The summed E-state index contributed by atoms with van der Waals surface area (Å²) in [6.07, 6.45) is 2.63. The van der Waals surface area contributed by atoms with Gasteiger partial charge in [-0.05, 0) is 49.7 Å². The Bertz CT molecular complexity index is 1010. The van der Waals surface area contributed by atoms with Gasteiger partial charge in [0, 0.05) is 23.5 Å². The van der Waals surface area contributed by atoms with Gasteiger partial charge in [0.25, 0.3) is 10.0 Å². The van der Waals surface area contributed by atoms with Gasteiger partial charge in [-0.3, -0.25) is 0 Å². The summed E-state index contributed by atoms with van der Waals surface area (Å²) in [6.45, 7) is 0.934. The monoisotopic (exact) mass is 359 g/mol. The molecule has 1 atom stereocenters. The molecule has 1 fully saturated rings. The normalized spacial score (nSPS) is 18.0. The zero-order valence-electron chi connectivity index (χ0n) is 13.5. The second-order valence-electron chi connectivity index (χ2n) is 6.26. The van der Waals surface area contributed by atoms with Crippen molar-refractivity contribution in [3.63, 3.8) is 0 Å². The summed E-state index contributed by atoms with van der Waals surface area (Å²) >= 11 is 0. The molecule has 0 aliphatic carbocycles. The molecule has 3 heterocycles. The maximum atomic E-state index is 13.7. The maximum absolute atomic E-state index is 13.7. The highest BCUT2D eigenvalue weighted by molar-refractivity contribution is 7.90. The van der Waals surface area contributed by atoms with Gasteiger partial charge in [-0.15, -0.1) is 0 Å². The fraction of sp³-hybridized carbons (Fsp3) is 0.278. The van der Waals surface area contributed by atoms with E-state index in [4.69, 9.17) is 0 Å². The van der Waals surface area contributed by atoms with Gasteiger partial charge in [0.15, 0.2) is 5.65 Å². The third-order valence-corrected chi connectivity index (χ3v) is 6.30. The number of aromatic nitrogens is 2. The summed E-state index contributed by atoms with van der Waals surface area (Å²) in [6, 6.07) is 13.0. The predicted molar refractivity (Wildman–Crippen MR) is 93.4 cm³/mol. The average molecular weight is 359 g/mol. The molecule has 2 aromatic heterocycles. The number of halogens is 1. The summed E-state index contributed by atoms with van der Waals surface area (Å²) in [5.74, 6) is -0.694. The van der Waals surface area contributed by atoms with Crippen LogP contribution < -0.4 is 5.32 Å². The Kier molecular flexibility index (Phi) is 4.05. The number of fused-ring (bicyclic) bond motifs is 1. The van der Waals surface area contributed by atoms with E-state index in [0.29, 0.717) is 17.5 Å². The van der Waals surface area contributed by atoms with Gasteiger partial charge in [-0.2, -0.15) is 4.39 Å². The fourth-order valence-corrected chi connectivity index (χ4v) is 4.90. The lowest BCUT2D eigenvalue weighted by atomic mass is 10.1. The molecule has 0 amide bonds. The number of rotatable bonds is 4. The Morgan fingerprint density at radius 3 is 2.72 bits per heavy atom. The summed E-state index contributed by atoms with van der Waals surface area (Å²) in [5.41, 5.74) is 0.758. The summed E-state index contributed by atoms with van der Waals surface area (Å²) in [7, 11) is -3.85. The van der Waals surface area contributed by atoms with Crippen molar-refractivity contribution < 1.29 is 12.8 Å². The summed E-state index contributed by atoms with van der Waals surface area (Å²) in [4.78, 5) is 4.03. The van der Waals surface area contributed by atoms with Crippen molar-refractivity contribution in [2.24, 2.45) is 0 Å². The van der Waals surface area contributed by atoms with Crippen LogP contribution in [0.5, 0.6) is 0 Å². The van der Waals surface area contributed by atoms with E-state index in [2.05, 4.69) is 10.3 Å². The molecule has 1 aliphatic rings. The van der Waals surface area contributed by atoms with Crippen LogP contribution in [0.15, 0.2) is 53.4 Å². The second kappa shape index (κ2) is 6.24.